The van der Waals surface area contributed by atoms with Crippen molar-refractivity contribution >= 4 is 5.91 Å². The average molecular weight is 274 g/mol. The molecule has 0 aliphatic heterocycles. The first-order valence-electron chi connectivity index (χ1n) is 6.49. The van der Waals surface area contributed by atoms with Gasteiger partial charge in [0, 0.05) is 19.0 Å². The van der Waals surface area contributed by atoms with E-state index in [1.807, 2.05) is 37.3 Å². The van der Waals surface area contributed by atoms with Gasteiger partial charge in [-0.25, -0.2) is 0 Å². The molecule has 20 heavy (non-hydrogen) atoms. The van der Waals surface area contributed by atoms with Crippen molar-refractivity contribution in [3.63, 3.8) is 0 Å². The Morgan fingerprint density at radius 3 is 2.70 bits per heavy atom. The number of hydrogen-bond donors (Lipinski definition) is 1. The van der Waals surface area contributed by atoms with Gasteiger partial charge in [0.15, 0.2) is 0 Å². The van der Waals surface area contributed by atoms with Crippen LogP contribution in [0.25, 0.3) is 0 Å². The van der Waals surface area contributed by atoms with Crippen molar-refractivity contribution in [2.45, 2.75) is 19.8 Å². The molecular weight excluding hydrogens is 256 g/mol. The van der Waals surface area contributed by atoms with Crippen LogP contribution in [0.5, 0.6) is 5.75 Å². The Morgan fingerprint density at radius 1 is 1.35 bits per heavy atom. The Hall–Kier alpha value is -2.30. The molecule has 2 aromatic rings. The molecule has 1 aromatic heterocycles. The summed E-state index contributed by atoms with van der Waals surface area (Å²) >= 11 is 0. The van der Waals surface area contributed by atoms with E-state index in [-0.39, 0.29) is 5.91 Å². The smallest absolute Gasteiger partial charge is 0.224 e. The number of benzene rings is 1. The van der Waals surface area contributed by atoms with Gasteiger partial charge in [-0.05, 0) is 24.6 Å². The van der Waals surface area contributed by atoms with Crippen LogP contribution in [0.4, 0.5) is 0 Å². The Morgan fingerprint density at radius 2 is 2.10 bits per heavy atom. The molecule has 1 heterocycles. The zero-order valence-corrected chi connectivity index (χ0v) is 11.7. The van der Waals surface area contributed by atoms with Gasteiger partial charge < -0.3 is 14.6 Å². The summed E-state index contributed by atoms with van der Waals surface area (Å²) < 4.78 is 10.1. The molecule has 106 valence electrons. The van der Waals surface area contributed by atoms with Gasteiger partial charge >= 0.3 is 0 Å². The second-order valence-electron chi connectivity index (χ2n) is 4.56. The number of carbonyl (C=O) groups excluding carboxylic acids is 1. The molecular formula is C15H18N2O3. The number of nitrogens with one attached hydrogen (secondary N) is 1. The van der Waals surface area contributed by atoms with E-state index in [4.69, 9.17) is 9.26 Å². The summed E-state index contributed by atoms with van der Waals surface area (Å²) in [4.78, 5) is 11.8. The predicted octanol–water partition coefficient (Wildman–Crippen LogP) is 1.89. The van der Waals surface area contributed by atoms with Crippen LogP contribution in [0.1, 0.15) is 17.0 Å². The van der Waals surface area contributed by atoms with E-state index in [9.17, 15) is 4.79 Å². The molecule has 2 rings (SSSR count). The number of carbonyl (C=O) groups is 1. The molecule has 1 N–H and O–H groups in total. The topological polar surface area (TPSA) is 64.4 Å². The zero-order valence-electron chi connectivity index (χ0n) is 11.7. The largest absolute Gasteiger partial charge is 0.497 e. The van der Waals surface area contributed by atoms with Crippen molar-refractivity contribution in [1.82, 2.24) is 10.5 Å². The van der Waals surface area contributed by atoms with Gasteiger partial charge in [0.05, 0.1) is 19.2 Å². The van der Waals surface area contributed by atoms with Crippen LogP contribution in [-0.2, 0) is 17.6 Å². The maximum atomic E-state index is 11.8. The molecule has 0 saturated carbocycles. The predicted molar refractivity (Wildman–Crippen MR) is 74.7 cm³/mol. The fourth-order valence-electron chi connectivity index (χ4n) is 1.85. The highest BCUT2D eigenvalue weighted by atomic mass is 16.5. The number of aromatic nitrogens is 1. The van der Waals surface area contributed by atoms with E-state index in [1.54, 1.807) is 7.11 Å². The molecule has 0 unspecified atom stereocenters. The molecule has 5 nitrogen and oxygen atoms in total. The van der Waals surface area contributed by atoms with Gasteiger partial charge in [-0.3, -0.25) is 4.79 Å². The number of ether oxygens (including phenoxy) is 1. The highest BCUT2D eigenvalue weighted by Gasteiger charge is 2.05. The van der Waals surface area contributed by atoms with Gasteiger partial charge in [-0.2, -0.15) is 0 Å². The van der Waals surface area contributed by atoms with Crippen molar-refractivity contribution in [3.8, 4) is 5.75 Å². The van der Waals surface area contributed by atoms with Crippen LogP contribution < -0.4 is 10.1 Å². The minimum Gasteiger partial charge on any atom is -0.497 e. The minimum atomic E-state index is -0.00796. The summed E-state index contributed by atoms with van der Waals surface area (Å²) in [5.41, 5.74) is 1.81. The SMILES string of the molecule is COc1ccc(CC(=O)NCCc2cc(C)no2)cc1. The fraction of sp³-hybridized carbons (Fsp3) is 0.333. The van der Waals surface area contributed by atoms with E-state index in [2.05, 4.69) is 10.5 Å². The number of methoxy groups -OCH3 is 1. The third-order valence-electron chi connectivity index (χ3n) is 2.89. The lowest BCUT2D eigenvalue weighted by molar-refractivity contribution is -0.120. The summed E-state index contributed by atoms with van der Waals surface area (Å²) in [6.07, 6.45) is 1.01. The maximum Gasteiger partial charge on any atom is 0.224 e. The van der Waals surface area contributed by atoms with Crippen molar-refractivity contribution in [2.75, 3.05) is 13.7 Å². The summed E-state index contributed by atoms with van der Waals surface area (Å²) in [7, 11) is 1.62. The Bertz CT molecular complexity index is 561. The molecule has 0 spiro atoms. The number of hydrogen-bond acceptors (Lipinski definition) is 4. The number of rotatable bonds is 6. The molecule has 0 radical (unpaired) electrons. The quantitative estimate of drug-likeness (QED) is 0.873. The van der Waals surface area contributed by atoms with Crippen LogP contribution in [0.2, 0.25) is 0 Å². The van der Waals surface area contributed by atoms with E-state index in [1.165, 1.54) is 0 Å². The molecule has 0 atom stereocenters. The van der Waals surface area contributed by atoms with Gasteiger partial charge in [0.25, 0.3) is 0 Å². The molecule has 0 aliphatic rings. The van der Waals surface area contributed by atoms with Gasteiger partial charge in [0.2, 0.25) is 5.91 Å². The maximum absolute atomic E-state index is 11.8. The molecule has 1 amide bonds. The van der Waals surface area contributed by atoms with Gasteiger partial charge in [-0.1, -0.05) is 17.3 Å². The van der Waals surface area contributed by atoms with Crippen molar-refractivity contribution < 1.29 is 14.1 Å². The minimum absolute atomic E-state index is 0.00796. The standard InChI is InChI=1S/C15H18N2O3/c1-11-9-14(20-17-11)7-8-16-15(18)10-12-3-5-13(19-2)6-4-12/h3-6,9H,7-8,10H2,1-2H3,(H,16,18). The van der Waals surface area contributed by atoms with Gasteiger partial charge in [0.1, 0.15) is 11.5 Å². The second kappa shape index (κ2) is 6.75. The summed E-state index contributed by atoms with van der Waals surface area (Å²) in [6.45, 7) is 2.42. The first kappa shape index (κ1) is 14.1. The van der Waals surface area contributed by atoms with Crippen LogP contribution in [0, 0.1) is 6.92 Å². The molecule has 5 heteroatoms. The number of nitrogens with zero attached hydrogens (tertiary/aromatic N) is 1. The summed E-state index contributed by atoms with van der Waals surface area (Å²) in [5, 5.41) is 6.66. The van der Waals surface area contributed by atoms with Crippen LogP contribution in [0.15, 0.2) is 34.9 Å². The fourth-order valence-corrected chi connectivity index (χ4v) is 1.85. The normalized spacial score (nSPS) is 10.3. The molecule has 0 fully saturated rings. The monoisotopic (exact) mass is 274 g/mol. The number of aryl methyl sites for hydroxylation is 1. The average Bonchev–Trinajstić information content (AvgIpc) is 2.85. The third kappa shape index (κ3) is 4.12. The lowest BCUT2D eigenvalue weighted by atomic mass is 10.1. The molecule has 1 aromatic carbocycles. The highest BCUT2D eigenvalue weighted by molar-refractivity contribution is 5.78. The van der Waals surface area contributed by atoms with Crippen LogP contribution in [0.3, 0.4) is 0 Å². The first-order chi connectivity index (χ1) is 9.67. The van der Waals surface area contributed by atoms with E-state index < -0.39 is 0 Å². The zero-order chi connectivity index (χ0) is 14.4. The van der Waals surface area contributed by atoms with Crippen LogP contribution >= 0.6 is 0 Å². The van der Waals surface area contributed by atoms with E-state index >= 15 is 0 Å². The van der Waals surface area contributed by atoms with Crippen molar-refractivity contribution in [3.05, 3.63) is 47.3 Å². The summed E-state index contributed by atoms with van der Waals surface area (Å²) in [5.74, 6) is 1.56. The Balaban J connectivity index is 1.74. The first-order valence-corrected chi connectivity index (χ1v) is 6.49. The lowest BCUT2D eigenvalue weighted by Gasteiger charge is -2.05. The molecule has 0 bridgehead atoms. The van der Waals surface area contributed by atoms with E-state index in [0.29, 0.717) is 19.4 Å². The number of amides is 1. The van der Waals surface area contributed by atoms with Crippen molar-refractivity contribution in [2.24, 2.45) is 0 Å². The summed E-state index contributed by atoms with van der Waals surface area (Å²) in [6, 6.07) is 9.34. The Labute approximate surface area is 117 Å². The molecule has 0 saturated heterocycles. The second-order valence-corrected chi connectivity index (χ2v) is 4.56. The lowest BCUT2D eigenvalue weighted by Crippen LogP contribution is -2.27. The van der Waals surface area contributed by atoms with Crippen molar-refractivity contribution in [1.29, 1.82) is 0 Å². The van der Waals surface area contributed by atoms with E-state index in [0.717, 1.165) is 22.8 Å². The van der Waals surface area contributed by atoms with Crippen LogP contribution in [-0.4, -0.2) is 24.7 Å². The van der Waals surface area contributed by atoms with Gasteiger partial charge in [-0.15, -0.1) is 0 Å². The molecule has 0 aliphatic carbocycles. The highest BCUT2D eigenvalue weighted by Crippen LogP contribution is 2.11. The third-order valence-corrected chi connectivity index (χ3v) is 2.89. The Kier molecular flexibility index (Phi) is 4.76.